The zero-order valence-electron chi connectivity index (χ0n) is 12.0. The van der Waals surface area contributed by atoms with E-state index >= 15 is 0 Å². The highest BCUT2D eigenvalue weighted by Crippen LogP contribution is 2.15. The number of carbonyl (C=O) groups is 1. The summed E-state index contributed by atoms with van der Waals surface area (Å²) < 4.78 is 4.88. The summed E-state index contributed by atoms with van der Waals surface area (Å²) in [4.78, 5) is 11.3. The molecule has 0 bridgehead atoms. The van der Waals surface area contributed by atoms with Gasteiger partial charge in [0.15, 0.2) is 0 Å². The first-order valence-electron chi connectivity index (χ1n) is 6.69. The van der Waals surface area contributed by atoms with E-state index in [1.165, 1.54) is 11.1 Å². The lowest BCUT2D eigenvalue weighted by atomic mass is 10.0. The van der Waals surface area contributed by atoms with Crippen LogP contribution in [-0.4, -0.2) is 12.6 Å². The normalized spacial score (nSPS) is 12.4. The third kappa shape index (κ3) is 6.05. The van der Waals surface area contributed by atoms with E-state index in [-0.39, 0.29) is 5.97 Å². The molecule has 0 spiro atoms. The summed E-state index contributed by atoms with van der Waals surface area (Å²) in [5.74, 6) is -0.247. The first kappa shape index (κ1) is 15.2. The molecule has 0 fully saturated rings. The average molecular weight is 258 g/mol. The molecule has 0 aromatic heterocycles. The number of esters is 1. The summed E-state index contributed by atoms with van der Waals surface area (Å²) in [5, 5.41) is 0. The van der Waals surface area contributed by atoms with Crippen molar-refractivity contribution in [3.63, 3.8) is 0 Å². The highest BCUT2D eigenvalue weighted by Gasteiger charge is 1.98. The van der Waals surface area contributed by atoms with Crippen molar-refractivity contribution in [3.05, 3.63) is 53.6 Å². The zero-order chi connectivity index (χ0) is 14.1. The minimum Gasteiger partial charge on any atom is -0.463 e. The molecule has 0 N–H and O–H groups in total. The van der Waals surface area contributed by atoms with Crippen LogP contribution in [-0.2, 0) is 9.53 Å². The SMILES string of the molecule is CCOC(=O)/C=C(\C)CC/C=C(/C)c1ccccc1. The first-order valence-corrected chi connectivity index (χ1v) is 6.69. The van der Waals surface area contributed by atoms with Crippen molar-refractivity contribution in [2.24, 2.45) is 0 Å². The molecule has 1 aromatic carbocycles. The summed E-state index contributed by atoms with van der Waals surface area (Å²) in [5.41, 5.74) is 3.56. The van der Waals surface area contributed by atoms with E-state index in [2.05, 4.69) is 25.1 Å². The van der Waals surface area contributed by atoms with Crippen LogP contribution in [0.1, 0.15) is 39.2 Å². The van der Waals surface area contributed by atoms with E-state index in [0.717, 1.165) is 18.4 Å². The summed E-state index contributed by atoms with van der Waals surface area (Å²) in [6, 6.07) is 10.3. The van der Waals surface area contributed by atoms with Crippen LogP contribution in [0.2, 0.25) is 0 Å². The van der Waals surface area contributed by atoms with Crippen molar-refractivity contribution < 1.29 is 9.53 Å². The lowest BCUT2D eigenvalue weighted by Crippen LogP contribution is -2.00. The quantitative estimate of drug-likeness (QED) is 0.559. The fourth-order valence-electron chi connectivity index (χ4n) is 1.79. The second-order valence-corrected chi connectivity index (χ2v) is 4.53. The Kier molecular flexibility index (Phi) is 6.65. The van der Waals surface area contributed by atoms with Gasteiger partial charge >= 0.3 is 5.97 Å². The van der Waals surface area contributed by atoms with Crippen LogP contribution < -0.4 is 0 Å². The lowest BCUT2D eigenvalue weighted by Gasteiger charge is -2.02. The maximum atomic E-state index is 11.3. The summed E-state index contributed by atoms with van der Waals surface area (Å²) in [6.45, 7) is 6.31. The predicted molar refractivity (Wildman–Crippen MR) is 79.7 cm³/mol. The topological polar surface area (TPSA) is 26.3 Å². The Morgan fingerprint density at radius 1 is 1.21 bits per heavy atom. The van der Waals surface area contributed by atoms with Gasteiger partial charge in [-0.15, -0.1) is 0 Å². The Balaban J connectivity index is 2.47. The van der Waals surface area contributed by atoms with Crippen molar-refractivity contribution >= 4 is 11.5 Å². The van der Waals surface area contributed by atoms with Gasteiger partial charge in [0.2, 0.25) is 0 Å². The first-order chi connectivity index (χ1) is 9.13. The molecule has 0 saturated carbocycles. The number of benzene rings is 1. The highest BCUT2D eigenvalue weighted by molar-refractivity contribution is 5.82. The molecular weight excluding hydrogens is 236 g/mol. The van der Waals surface area contributed by atoms with Crippen molar-refractivity contribution in [2.45, 2.75) is 33.6 Å². The van der Waals surface area contributed by atoms with Crippen LogP contribution in [0.4, 0.5) is 0 Å². The maximum absolute atomic E-state index is 11.3. The molecule has 0 saturated heterocycles. The number of rotatable bonds is 6. The van der Waals surface area contributed by atoms with Crippen molar-refractivity contribution in [1.29, 1.82) is 0 Å². The third-order valence-corrected chi connectivity index (χ3v) is 2.87. The number of hydrogen-bond donors (Lipinski definition) is 0. The number of ether oxygens (including phenoxy) is 1. The van der Waals surface area contributed by atoms with Crippen LogP contribution in [0.5, 0.6) is 0 Å². The minimum absolute atomic E-state index is 0.247. The molecule has 19 heavy (non-hydrogen) atoms. The molecule has 0 aliphatic heterocycles. The molecular formula is C17H22O2. The van der Waals surface area contributed by atoms with Crippen molar-refractivity contribution in [1.82, 2.24) is 0 Å². The van der Waals surface area contributed by atoms with E-state index in [9.17, 15) is 4.79 Å². The number of carbonyl (C=O) groups excluding carboxylic acids is 1. The Bertz CT molecular complexity index is 455. The van der Waals surface area contributed by atoms with Crippen molar-refractivity contribution in [3.8, 4) is 0 Å². The molecule has 2 heteroatoms. The fraction of sp³-hybridized carbons (Fsp3) is 0.353. The molecule has 0 atom stereocenters. The Labute approximate surface area is 115 Å². The van der Waals surface area contributed by atoms with Gasteiger partial charge in [0.1, 0.15) is 0 Å². The van der Waals surface area contributed by atoms with E-state index in [1.807, 2.05) is 32.0 Å². The van der Waals surface area contributed by atoms with Crippen LogP contribution >= 0.6 is 0 Å². The Morgan fingerprint density at radius 2 is 1.89 bits per heavy atom. The van der Waals surface area contributed by atoms with Crippen LogP contribution in [0.15, 0.2) is 48.1 Å². The van der Waals surface area contributed by atoms with E-state index < -0.39 is 0 Å². The van der Waals surface area contributed by atoms with Gasteiger partial charge in [-0.25, -0.2) is 4.79 Å². The molecule has 102 valence electrons. The predicted octanol–water partition coefficient (Wildman–Crippen LogP) is 4.38. The van der Waals surface area contributed by atoms with Gasteiger partial charge in [-0.2, -0.15) is 0 Å². The molecule has 0 heterocycles. The van der Waals surface area contributed by atoms with Crippen molar-refractivity contribution in [2.75, 3.05) is 6.61 Å². The van der Waals surface area contributed by atoms with E-state index in [1.54, 1.807) is 6.08 Å². The van der Waals surface area contributed by atoms with Gasteiger partial charge in [0, 0.05) is 6.08 Å². The summed E-state index contributed by atoms with van der Waals surface area (Å²) in [6.07, 6.45) is 5.60. The molecule has 0 unspecified atom stereocenters. The van der Waals surface area contributed by atoms with Gasteiger partial charge in [-0.1, -0.05) is 42.0 Å². The fourth-order valence-corrected chi connectivity index (χ4v) is 1.79. The standard InChI is InChI=1S/C17H22O2/c1-4-19-17(18)13-14(2)9-8-10-15(3)16-11-6-5-7-12-16/h5-7,10-13H,4,8-9H2,1-3H3/b14-13+,15-10-. The van der Waals surface area contributed by atoms with Crippen LogP contribution in [0.25, 0.3) is 5.57 Å². The van der Waals surface area contributed by atoms with Crippen LogP contribution in [0, 0.1) is 0 Å². The molecule has 0 aliphatic carbocycles. The molecule has 0 amide bonds. The minimum atomic E-state index is -0.247. The molecule has 1 aromatic rings. The number of hydrogen-bond acceptors (Lipinski definition) is 2. The van der Waals surface area contributed by atoms with Gasteiger partial charge in [0.25, 0.3) is 0 Å². The van der Waals surface area contributed by atoms with Crippen LogP contribution in [0.3, 0.4) is 0 Å². The highest BCUT2D eigenvalue weighted by atomic mass is 16.5. The van der Waals surface area contributed by atoms with E-state index in [4.69, 9.17) is 4.74 Å². The van der Waals surface area contributed by atoms with Gasteiger partial charge in [0.05, 0.1) is 6.61 Å². The zero-order valence-corrected chi connectivity index (χ0v) is 12.0. The molecule has 0 radical (unpaired) electrons. The lowest BCUT2D eigenvalue weighted by molar-refractivity contribution is -0.137. The van der Waals surface area contributed by atoms with E-state index in [0.29, 0.717) is 6.61 Å². The summed E-state index contributed by atoms with van der Waals surface area (Å²) >= 11 is 0. The van der Waals surface area contributed by atoms with Gasteiger partial charge < -0.3 is 4.74 Å². The number of allylic oxidation sites excluding steroid dienone is 3. The Hall–Kier alpha value is -1.83. The summed E-state index contributed by atoms with van der Waals surface area (Å²) in [7, 11) is 0. The second kappa shape index (κ2) is 8.30. The second-order valence-electron chi connectivity index (χ2n) is 4.53. The van der Waals surface area contributed by atoms with Gasteiger partial charge in [-0.05, 0) is 44.7 Å². The smallest absolute Gasteiger partial charge is 0.330 e. The Morgan fingerprint density at radius 3 is 2.53 bits per heavy atom. The molecule has 0 aliphatic rings. The molecule has 2 nitrogen and oxygen atoms in total. The molecule has 1 rings (SSSR count). The largest absolute Gasteiger partial charge is 0.463 e. The average Bonchev–Trinajstić information content (AvgIpc) is 2.39. The van der Waals surface area contributed by atoms with Gasteiger partial charge in [-0.3, -0.25) is 0 Å². The maximum Gasteiger partial charge on any atom is 0.330 e. The monoisotopic (exact) mass is 258 g/mol. The third-order valence-electron chi connectivity index (χ3n) is 2.87.